The van der Waals surface area contributed by atoms with Crippen LogP contribution in [0.2, 0.25) is 5.02 Å². The van der Waals surface area contributed by atoms with Gasteiger partial charge in [-0.15, -0.1) is 0 Å². The average Bonchev–Trinajstić information content (AvgIpc) is 2.89. The molecular weight excluding hydrogens is 458 g/mol. The number of aromatic nitrogens is 1. The monoisotopic (exact) mass is 491 g/mol. The molecule has 1 heterocycles. The fourth-order valence-electron chi connectivity index (χ4n) is 4.57. The minimum atomic E-state index is 0.118. The third kappa shape index (κ3) is 5.80. The molecule has 0 spiro atoms. The van der Waals surface area contributed by atoms with Crippen LogP contribution in [-0.2, 0) is 0 Å². The van der Waals surface area contributed by atoms with Gasteiger partial charge in [0.15, 0.2) is 0 Å². The molecule has 0 aliphatic heterocycles. The van der Waals surface area contributed by atoms with Crippen molar-refractivity contribution in [3.8, 4) is 11.5 Å². The molecule has 0 aliphatic carbocycles. The minimum absolute atomic E-state index is 0.118. The summed E-state index contributed by atoms with van der Waals surface area (Å²) in [6, 6.07) is 20.4. The van der Waals surface area contributed by atoms with Crippen molar-refractivity contribution in [3.05, 3.63) is 71.2 Å². The predicted octanol–water partition coefficient (Wildman–Crippen LogP) is 7.33. The van der Waals surface area contributed by atoms with Crippen molar-refractivity contribution in [1.29, 1.82) is 0 Å². The summed E-state index contributed by atoms with van der Waals surface area (Å²) in [4.78, 5) is 7.35. The van der Waals surface area contributed by atoms with Crippen molar-refractivity contribution in [1.82, 2.24) is 9.88 Å². The predicted molar refractivity (Wildman–Crippen MR) is 147 cm³/mol. The van der Waals surface area contributed by atoms with Crippen LogP contribution in [0.15, 0.2) is 60.7 Å². The Morgan fingerprint density at radius 2 is 1.57 bits per heavy atom. The molecule has 0 amide bonds. The van der Waals surface area contributed by atoms with Crippen LogP contribution in [0.25, 0.3) is 21.8 Å². The van der Waals surface area contributed by atoms with Gasteiger partial charge in [0.2, 0.25) is 0 Å². The van der Waals surface area contributed by atoms with Crippen molar-refractivity contribution in [3.63, 3.8) is 0 Å². The second kappa shape index (κ2) is 11.6. The number of hydrogen-bond donors (Lipinski definition) is 1. The van der Waals surface area contributed by atoms with Gasteiger partial charge in [0.05, 0.1) is 37.0 Å². The Hall–Kier alpha value is -3.02. The summed E-state index contributed by atoms with van der Waals surface area (Å²) >= 11 is 6.33. The van der Waals surface area contributed by atoms with Gasteiger partial charge in [-0.2, -0.15) is 0 Å². The van der Waals surface area contributed by atoms with E-state index in [4.69, 9.17) is 26.1 Å². The molecule has 5 nitrogen and oxygen atoms in total. The van der Waals surface area contributed by atoms with E-state index in [1.807, 2.05) is 42.5 Å². The highest BCUT2D eigenvalue weighted by Crippen LogP contribution is 2.37. The highest BCUT2D eigenvalue weighted by atomic mass is 35.5. The molecule has 4 aromatic rings. The van der Waals surface area contributed by atoms with Crippen molar-refractivity contribution >= 4 is 39.1 Å². The maximum atomic E-state index is 6.33. The number of pyridine rings is 1. The second-order valence-electron chi connectivity index (χ2n) is 8.67. The zero-order valence-electron chi connectivity index (χ0n) is 21.0. The Morgan fingerprint density at radius 3 is 2.26 bits per heavy atom. The average molecular weight is 492 g/mol. The lowest BCUT2D eigenvalue weighted by Crippen LogP contribution is -2.25. The molecule has 1 unspecified atom stereocenters. The van der Waals surface area contributed by atoms with E-state index in [-0.39, 0.29) is 6.04 Å². The number of nitrogens with zero attached hydrogens (tertiary/aromatic N) is 2. The number of anilines is 1. The number of nitrogens with one attached hydrogen (secondary N) is 1. The van der Waals surface area contributed by atoms with E-state index in [9.17, 15) is 0 Å². The Balaban J connectivity index is 1.78. The first kappa shape index (κ1) is 25.1. The molecule has 4 rings (SSSR count). The highest BCUT2D eigenvalue weighted by Gasteiger charge is 2.17. The first-order chi connectivity index (χ1) is 17.1. The number of benzene rings is 3. The molecule has 0 bridgehead atoms. The van der Waals surface area contributed by atoms with E-state index >= 15 is 0 Å². The molecule has 3 aromatic carbocycles. The summed E-state index contributed by atoms with van der Waals surface area (Å²) in [5, 5.41) is 6.65. The number of ether oxygens (including phenoxy) is 2. The van der Waals surface area contributed by atoms with E-state index in [0.29, 0.717) is 5.02 Å². The van der Waals surface area contributed by atoms with E-state index in [2.05, 4.69) is 42.3 Å². The van der Waals surface area contributed by atoms with Crippen LogP contribution < -0.4 is 14.8 Å². The van der Waals surface area contributed by atoms with Crippen LogP contribution >= 0.6 is 11.6 Å². The van der Waals surface area contributed by atoms with Gasteiger partial charge in [0, 0.05) is 15.8 Å². The quantitative estimate of drug-likeness (QED) is 0.222. The van der Waals surface area contributed by atoms with Gasteiger partial charge in [-0.3, -0.25) is 0 Å². The van der Waals surface area contributed by atoms with Crippen molar-refractivity contribution in [2.75, 3.05) is 39.2 Å². The summed E-state index contributed by atoms with van der Waals surface area (Å²) in [5.74, 6) is 1.66. The fourth-order valence-corrected chi connectivity index (χ4v) is 4.74. The zero-order chi connectivity index (χ0) is 24.8. The molecular formula is C29H34ClN3O2. The lowest BCUT2D eigenvalue weighted by molar-refractivity contribution is 0.294. The molecule has 0 aliphatic rings. The van der Waals surface area contributed by atoms with Crippen molar-refractivity contribution < 1.29 is 9.47 Å². The van der Waals surface area contributed by atoms with Crippen LogP contribution in [0, 0.1) is 0 Å². The van der Waals surface area contributed by atoms with Crippen LogP contribution in [-0.4, -0.2) is 43.7 Å². The molecule has 0 saturated carbocycles. The smallest absolute Gasteiger partial charge is 0.119 e. The first-order valence-corrected chi connectivity index (χ1v) is 12.6. The van der Waals surface area contributed by atoms with Gasteiger partial charge >= 0.3 is 0 Å². The van der Waals surface area contributed by atoms with Crippen LogP contribution in [0.1, 0.15) is 38.3 Å². The van der Waals surface area contributed by atoms with Gasteiger partial charge < -0.3 is 19.7 Å². The SMILES string of the molecule is CCN(CC)CCCC(Nc1c2ccc(Cl)cc2nc2ccc(OC)cc12)c1ccc(OC)cc1. The first-order valence-electron chi connectivity index (χ1n) is 12.3. The molecule has 6 heteroatoms. The van der Waals surface area contributed by atoms with E-state index in [1.165, 1.54) is 5.56 Å². The Labute approximate surface area is 213 Å². The Bertz CT molecular complexity index is 1270. The minimum Gasteiger partial charge on any atom is -0.497 e. The number of fused-ring (bicyclic) bond motifs is 2. The second-order valence-corrected chi connectivity index (χ2v) is 9.11. The summed E-state index contributed by atoms with van der Waals surface area (Å²) in [7, 11) is 3.39. The summed E-state index contributed by atoms with van der Waals surface area (Å²) in [5.41, 5.74) is 4.04. The third-order valence-corrected chi connectivity index (χ3v) is 6.88. The molecule has 1 atom stereocenters. The largest absolute Gasteiger partial charge is 0.497 e. The number of halogens is 1. The Morgan fingerprint density at radius 1 is 0.857 bits per heavy atom. The third-order valence-electron chi connectivity index (χ3n) is 6.64. The van der Waals surface area contributed by atoms with Gasteiger partial charge in [0.25, 0.3) is 0 Å². The van der Waals surface area contributed by atoms with Gasteiger partial charge in [0.1, 0.15) is 11.5 Å². The van der Waals surface area contributed by atoms with Crippen LogP contribution in [0.5, 0.6) is 11.5 Å². The van der Waals surface area contributed by atoms with E-state index in [1.54, 1.807) is 14.2 Å². The number of hydrogen-bond acceptors (Lipinski definition) is 5. The van der Waals surface area contributed by atoms with Gasteiger partial charge in [-0.1, -0.05) is 37.6 Å². The normalized spacial score (nSPS) is 12.3. The van der Waals surface area contributed by atoms with Crippen molar-refractivity contribution in [2.24, 2.45) is 0 Å². The highest BCUT2D eigenvalue weighted by molar-refractivity contribution is 6.31. The molecule has 0 saturated heterocycles. The van der Waals surface area contributed by atoms with Crippen LogP contribution in [0.3, 0.4) is 0 Å². The fraction of sp³-hybridized carbons (Fsp3) is 0.345. The standard InChI is InChI=1S/C29H34ClN3O2/c1-5-33(6-2)17-7-8-26(20-9-12-22(34-3)13-10-20)32-29-24-15-11-21(30)18-28(24)31-27-16-14-23(35-4)19-25(27)29/h9-16,18-19,26H,5-8,17H2,1-4H3,(H,31,32). The molecule has 1 aromatic heterocycles. The maximum Gasteiger partial charge on any atom is 0.119 e. The number of methoxy groups -OCH3 is 2. The van der Waals surface area contributed by atoms with Crippen molar-refractivity contribution in [2.45, 2.75) is 32.7 Å². The van der Waals surface area contributed by atoms with Crippen LogP contribution in [0.4, 0.5) is 5.69 Å². The lowest BCUT2D eigenvalue weighted by Gasteiger charge is -2.25. The topological polar surface area (TPSA) is 46.6 Å². The van der Waals surface area contributed by atoms with E-state index in [0.717, 1.165) is 71.5 Å². The molecule has 0 fully saturated rings. The zero-order valence-corrected chi connectivity index (χ0v) is 21.7. The summed E-state index contributed by atoms with van der Waals surface area (Å²) < 4.78 is 10.9. The molecule has 184 valence electrons. The lowest BCUT2D eigenvalue weighted by atomic mass is 9.99. The molecule has 35 heavy (non-hydrogen) atoms. The summed E-state index contributed by atoms with van der Waals surface area (Å²) in [6.45, 7) is 7.64. The molecule has 0 radical (unpaired) electrons. The number of rotatable bonds is 11. The van der Waals surface area contributed by atoms with E-state index < -0.39 is 0 Å². The summed E-state index contributed by atoms with van der Waals surface area (Å²) in [6.07, 6.45) is 2.08. The van der Waals surface area contributed by atoms with Gasteiger partial charge in [-0.25, -0.2) is 4.98 Å². The Kier molecular flexibility index (Phi) is 8.32. The molecule has 1 N–H and O–H groups in total. The van der Waals surface area contributed by atoms with Gasteiger partial charge in [-0.05, 0) is 86.6 Å². The maximum absolute atomic E-state index is 6.33.